The van der Waals surface area contributed by atoms with Gasteiger partial charge in [0.15, 0.2) is 0 Å². The molecule has 1 aliphatic carbocycles. The molecule has 150 valence electrons. The van der Waals surface area contributed by atoms with Gasteiger partial charge in [-0.1, -0.05) is 76.1 Å². The molecule has 0 unspecified atom stereocenters. The van der Waals surface area contributed by atoms with Gasteiger partial charge in [0, 0.05) is 5.56 Å². The lowest BCUT2D eigenvalue weighted by Crippen LogP contribution is -2.33. The van der Waals surface area contributed by atoms with E-state index < -0.39 is 10.0 Å². The van der Waals surface area contributed by atoms with Crippen molar-refractivity contribution in [1.29, 1.82) is 0 Å². The summed E-state index contributed by atoms with van der Waals surface area (Å²) in [6.45, 7) is 8.08. The fraction of sp³-hybridized carbons (Fsp3) is 0.435. The Morgan fingerprint density at radius 3 is 2.29 bits per heavy atom. The molecule has 1 N–H and O–H groups in total. The van der Waals surface area contributed by atoms with Crippen molar-refractivity contribution in [3.8, 4) is 0 Å². The Hall–Kier alpha value is -2.14. The molecule has 2 aromatic carbocycles. The molecule has 0 bridgehead atoms. The van der Waals surface area contributed by atoms with E-state index in [9.17, 15) is 8.42 Å². The number of benzene rings is 2. The maximum Gasteiger partial charge on any atom is 0.263 e. The van der Waals surface area contributed by atoms with Crippen LogP contribution < -0.4 is 4.72 Å². The van der Waals surface area contributed by atoms with Gasteiger partial charge < -0.3 is 0 Å². The molecular formula is C23H30N2O2S. The molecule has 0 saturated heterocycles. The molecule has 1 saturated carbocycles. The highest BCUT2D eigenvalue weighted by Gasteiger charge is 2.24. The van der Waals surface area contributed by atoms with Crippen LogP contribution in [-0.4, -0.2) is 20.3 Å². The first kappa shape index (κ1) is 20.6. The van der Waals surface area contributed by atoms with Crippen LogP contribution in [0.15, 0.2) is 58.4 Å². The van der Waals surface area contributed by atoms with E-state index in [0.29, 0.717) is 10.7 Å². The third-order valence-electron chi connectivity index (χ3n) is 5.26. The van der Waals surface area contributed by atoms with E-state index in [1.54, 1.807) is 6.07 Å². The summed E-state index contributed by atoms with van der Waals surface area (Å²) in [7, 11) is -3.74. The summed E-state index contributed by atoms with van der Waals surface area (Å²) in [6.07, 6.45) is 4.32. The molecule has 28 heavy (non-hydrogen) atoms. The molecular weight excluding hydrogens is 368 g/mol. The predicted octanol–water partition coefficient (Wildman–Crippen LogP) is 4.96. The summed E-state index contributed by atoms with van der Waals surface area (Å²) >= 11 is 0. The van der Waals surface area contributed by atoms with Gasteiger partial charge in [-0.05, 0) is 42.4 Å². The molecule has 1 fully saturated rings. The Kier molecular flexibility index (Phi) is 5.94. The van der Waals surface area contributed by atoms with Crippen molar-refractivity contribution in [2.75, 3.05) is 0 Å². The number of aryl methyl sites for hydroxylation is 1. The number of nitrogens with zero attached hydrogens (tertiary/aromatic N) is 1. The van der Waals surface area contributed by atoms with E-state index >= 15 is 0 Å². The highest BCUT2D eigenvalue weighted by atomic mass is 32.2. The molecule has 3 rings (SSSR count). The number of aliphatic imine (C=N–C) groups is 1. The second-order valence-corrected chi connectivity index (χ2v) is 10.3. The zero-order valence-corrected chi connectivity index (χ0v) is 18.0. The maximum absolute atomic E-state index is 13.3. The first-order valence-electron chi connectivity index (χ1n) is 9.94. The Morgan fingerprint density at radius 1 is 1.04 bits per heavy atom. The number of hydrogen-bond acceptors (Lipinski definition) is 3. The molecule has 0 spiro atoms. The summed E-state index contributed by atoms with van der Waals surface area (Å²) in [5, 5.41) is 0. The van der Waals surface area contributed by atoms with Crippen molar-refractivity contribution in [3.63, 3.8) is 0 Å². The quantitative estimate of drug-likeness (QED) is 0.584. The van der Waals surface area contributed by atoms with Crippen molar-refractivity contribution in [2.45, 2.75) is 69.7 Å². The first-order chi connectivity index (χ1) is 13.2. The van der Waals surface area contributed by atoms with Crippen LogP contribution in [0.3, 0.4) is 0 Å². The van der Waals surface area contributed by atoms with Gasteiger partial charge in [-0.25, -0.2) is 8.42 Å². The standard InChI is InChI=1S/C23H30N2O2S/c1-17-14-15-19(23(2,3)4)16-21(17)28(26,27)25-22(18-10-6-5-7-11-18)24-20-12-8-9-13-20/h5-7,10-11,14-16,20H,8-9,12-13H2,1-4H3,(H,24,25). The minimum absolute atomic E-state index is 0.127. The minimum Gasteiger partial charge on any atom is -0.264 e. The number of amidine groups is 1. The van der Waals surface area contributed by atoms with E-state index in [1.165, 1.54) is 0 Å². The van der Waals surface area contributed by atoms with Crippen LogP contribution in [-0.2, 0) is 15.4 Å². The van der Waals surface area contributed by atoms with Crippen LogP contribution >= 0.6 is 0 Å². The van der Waals surface area contributed by atoms with E-state index in [4.69, 9.17) is 4.99 Å². The Balaban J connectivity index is 2.00. The minimum atomic E-state index is -3.74. The summed E-state index contributed by atoms with van der Waals surface area (Å²) < 4.78 is 29.4. The number of sulfonamides is 1. The average molecular weight is 399 g/mol. The Bertz CT molecular complexity index is 952. The van der Waals surface area contributed by atoms with Crippen LogP contribution in [0.4, 0.5) is 0 Å². The molecule has 0 heterocycles. The van der Waals surface area contributed by atoms with Gasteiger partial charge in [0.1, 0.15) is 5.84 Å². The number of rotatable bonds is 4. The largest absolute Gasteiger partial charge is 0.264 e. The Morgan fingerprint density at radius 2 is 1.68 bits per heavy atom. The Labute approximate surface area is 169 Å². The van der Waals surface area contributed by atoms with Crippen molar-refractivity contribution in [1.82, 2.24) is 4.72 Å². The summed E-state index contributed by atoms with van der Waals surface area (Å²) in [5.74, 6) is 0.438. The molecule has 0 aromatic heterocycles. The van der Waals surface area contributed by atoms with Crippen LogP contribution in [0, 0.1) is 6.92 Å². The molecule has 2 aromatic rings. The summed E-state index contributed by atoms with van der Waals surface area (Å²) in [6, 6.07) is 15.4. The van der Waals surface area contributed by atoms with Crippen molar-refractivity contribution in [2.24, 2.45) is 4.99 Å². The van der Waals surface area contributed by atoms with Crippen LogP contribution in [0.2, 0.25) is 0 Å². The van der Waals surface area contributed by atoms with Crippen LogP contribution in [0.5, 0.6) is 0 Å². The van der Waals surface area contributed by atoms with Crippen LogP contribution in [0.1, 0.15) is 63.1 Å². The third kappa shape index (κ3) is 4.82. The van der Waals surface area contributed by atoms with E-state index in [0.717, 1.165) is 42.4 Å². The monoisotopic (exact) mass is 398 g/mol. The smallest absolute Gasteiger partial charge is 0.263 e. The number of hydrogen-bond donors (Lipinski definition) is 1. The zero-order valence-electron chi connectivity index (χ0n) is 17.2. The first-order valence-corrected chi connectivity index (χ1v) is 11.4. The van der Waals surface area contributed by atoms with Gasteiger partial charge in [0.25, 0.3) is 10.0 Å². The third-order valence-corrected chi connectivity index (χ3v) is 6.74. The van der Waals surface area contributed by atoms with Gasteiger partial charge in [0.2, 0.25) is 0 Å². The second kappa shape index (κ2) is 8.08. The molecule has 5 heteroatoms. The highest BCUT2D eigenvalue weighted by molar-refractivity contribution is 7.90. The molecule has 0 amide bonds. The van der Waals surface area contributed by atoms with Crippen molar-refractivity contribution < 1.29 is 8.42 Å². The second-order valence-electron chi connectivity index (χ2n) is 8.62. The van der Waals surface area contributed by atoms with E-state index in [1.807, 2.05) is 49.4 Å². The fourth-order valence-electron chi connectivity index (χ4n) is 3.51. The normalized spacial score (nSPS) is 16.4. The zero-order chi connectivity index (χ0) is 20.4. The SMILES string of the molecule is Cc1ccc(C(C)(C)C)cc1S(=O)(=O)NC(=NC1CCCC1)c1ccccc1. The average Bonchev–Trinajstić information content (AvgIpc) is 3.14. The van der Waals surface area contributed by atoms with Crippen molar-refractivity contribution >= 4 is 15.9 Å². The lowest BCUT2D eigenvalue weighted by molar-refractivity contribution is 0.581. The van der Waals surface area contributed by atoms with Crippen LogP contribution in [0.25, 0.3) is 0 Å². The molecule has 1 aliphatic rings. The molecule has 0 atom stereocenters. The van der Waals surface area contributed by atoms with E-state index in [-0.39, 0.29) is 11.5 Å². The molecule has 4 nitrogen and oxygen atoms in total. The van der Waals surface area contributed by atoms with Gasteiger partial charge in [-0.15, -0.1) is 0 Å². The van der Waals surface area contributed by atoms with Gasteiger partial charge in [-0.3, -0.25) is 9.71 Å². The van der Waals surface area contributed by atoms with Crippen molar-refractivity contribution in [3.05, 3.63) is 65.2 Å². The lowest BCUT2D eigenvalue weighted by atomic mass is 9.87. The molecule has 0 aliphatic heterocycles. The molecule has 0 radical (unpaired) electrons. The predicted molar refractivity (Wildman–Crippen MR) is 115 cm³/mol. The highest BCUT2D eigenvalue weighted by Crippen LogP contribution is 2.27. The van der Waals surface area contributed by atoms with Gasteiger partial charge in [0.05, 0.1) is 10.9 Å². The topological polar surface area (TPSA) is 58.5 Å². The maximum atomic E-state index is 13.3. The summed E-state index contributed by atoms with van der Waals surface area (Å²) in [5.41, 5.74) is 2.39. The summed E-state index contributed by atoms with van der Waals surface area (Å²) in [4.78, 5) is 5.10. The van der Waals surface area contributed by atoms with E-state index in [2.05, 4.69) is 25.5 Å². The number of nitrogens with one attached hydrogen (secondary N) is 1. The fourth-order valence-corrected chi connectivity index (χ4v) is 4.82. The lowest BCUT2D eigenvalue weighted by Gasteiger charge is -2.21. The van der Waals surface area contributed by atoms with Gasteiger partial charge >= 0.3 is 0 Å². The van der Waals surface area contributed by atoms with Gasteiger partial charge in [-0.2, -0.15) is 0 Å².